The fourth-order valence-corrected chi connectivity index (χ4v) is 3.04. The zero-order chi connectivity index (χ0) is 17.5. The molecular weight excluding hydrogens is 332 g/mol. The summed E-state index contributed by atoms with van der Waals surface area (Å²) in [6.45, 7) is 4.67. The highest BCUT2D eigenvalue weighted by atomic mass is 32.2. The molecule has 0 N–H and O–H groups in total. The minimum atomic E-state index is 0.620. The Kier molecular flexibility index (Phi) is 5.85. The van der Waals surface area contributed by atoms with E-state index < -0.39 is 0 Å². The molecule has 0 aliphatic rings. The van der Waals surface area contributed by atoms with Crippen LogP contribution in [0.3, 0.4) is 0 Å². The van der Waals surface area contributed by atoms with Crippen LogP contribution in [0.15, 0.2) is 65.1 Å². The summed E-state index contributed by atoms with van der Waals surface area (Å²) < 4.78 is 7.30. The Morgan fingerprint density at radius 2 is 1.96 bits per heavy atom. The zero-order valence-corrected chi connectivity index (χ0v) is 15.1. The fraction of sp³-hybridized carbons (Fsp3) is 0.211. The van der Waals surface area contributed by atoms with Gasteiger partial charge in [0, 0.05) is 11.3 Å². The average Bonchev–Trinajstić information content (AvgIpc) is 3.08. The minimum absolute atomic E-state index is 0.620. The molecule has 0 saturated carbocycles. The number of rotatable bonds is 7. The largest absolute Gasteiger partial charge is 0.493 e. The van der Waals surface area contributed by atoms with Gasteiger partial charge in [-0.2, -0.15) is 9.78 Å². The van der Waals surface area contributed by atoms with Gasteiger partial charge >= 0.3 is 0 Å². The number of thioether (sulfide) groups is 1. The predicted octanol–water partition coefficient (Wildman–Crippen LogP) is 4.16. The van der Waals surface area contributed by atoms with Gasteiger partial charge in [0.25, 0.3) is 0 Å². The van der Waals surface area contributed by atoms with Gasteiger partial charge in [-0.3, -0.25) is 0 Å². The molecule has 0 bridgehead atoms. The quantitative estimate of drug-likeness (QED) is 0.473. The molecule has 2 aromatic carbocycles. The number of hydrogen-bond acceptors (Lipinski definition) is 5. The van der Waals surface area contributed by atoms with Crippen LogP contribution in [0.25, 0.3) is 0 Å². The Labute approximate surface area is 151 Å². The molecule has 6 heteroatoms. The molecule has 0 unspecified atom stereocenters. The molecule has 1 heterocycles. The van der Waals surface area contributed by atoms with Gasteiger partial charge < -0.3 is 4.74 Å². The van der Waals surface area contributed by atoms with Crippen LogP contribution in [0.4, 0.5) is 0 Å². The topological polar surface area (TPSA) is 52.3 Å². The summed E-state index contributed by atoms with van der Waals surface area (Å²) in [6.07, 6.45) is 3.38. The summed E-state index contributed by atoms with van der Waals surface area (Å²) in [6, 6.07) is 16.3. The van der Waals surface area contributed by atoms with Crippen molar-refractivity contribution in [2.45, 2.75) is 24.8 Å². The van der Waals surface area contributed by atoms with Gasteiger partial charge in [-0.15, -0.1) is 10.2 Å². The van der Waals surface area contributed by atoms with Crippen LogP contribution in [-0.4, -0.2) is 27.7 Å². The summed E-state index contributed by atoms with van der Waals surface area (Å²) in [5.41, 5.74) is 3.43. The van der Waals surface area contributed by atoms with Gasteiger partial charge in [0.15, 0.2) is 0 Å². The van der Waals surface area contributed by atoms with E-state index in [0.29, 0.717) is 6.61 Å². The molecule has 0 radical (unpaired) electrons. The van der Waals surface area contributed by atoms with Crippen molar-refractivity contribution in [2.75, 3.05) is 6.61 Å². The Morgan fingerprint density at radius 3 is 2.76 bits per heavy atom. The lowest BCUT2D eigenvalue weighted by atomic mass is 10.2. The van der Waals surface area contributed by atoms with E-state index >= 15 is 0 Å². The number of nitrogens with zero attached hydrogens (tertiary/aromatic N) is 4. The SMILES string of the molecule is CCOc1ccccc1/C=N\n1cnnc1SCc1ccc(C)cc1. The van der Waals surface area contributed by atoms with Crippen LogP contribution in [0.5, 0.6) is 5.75 Å². The number of benzene rings is 2. The maximum Gasteiger partial charge on any atom is 0.212 e. The van der Waals surface area contributed by atoms with Crippen LogP contribution in [0.2, 0.25) is 0 Å². The van der Waals surface area contributed by atoms with E-state index in [9.17, 15) is 0 Å². The monoisotopic (exact) mass is 352 g/mol. The highest BCUT2D eigenvalue weighted by molar-refractivity contribution is 7.98. The number of hydrogen-bond donors (Lipinski definition) is 0. The highest BCUT2D eigenvalue weighted by Crippen LogP contribution is 2.21. The van der Waals surface area contributed by atoms with Crippen molar-refractivity contribution >= 4 is 18.0 Å². The molecule has 0 fully saturated rings. The second-order valence-electron chi connectivity index (χ2n) is 5.45. The van der Waals surface area contributed by atoms with Gasteiger partial charge in [0.2, 0.25) is 5.16 Å². The zero-order valence-electron chi connectivity index (χ0n) is 14.3. The van der Waals surface area contributed by atoms with E-state index in [1.807, 2.05) is 31.2 Å². The molecule has 3 rings (SSSR count). The maximum atomic E-state index is 5.62. The molecule has 0 aliphatic carbocycles. The molecule has 0 atom stereocenters. The summed E-state index contributed by atoms with van der Waals surface area (Å²) >= 11 is 1.61. The molecule has 0 saturated heterocycles. The first-order valence-corrected chi connectivity index (χ1v) is 9.09. The molecule has 128 valence electrons. The van der Waals surface area contributed by atoms with Crippen LogP contribution in [0, 0.1) is 6.92 Å². The van der Waals surface area contributed by atoms with Gasteiger partial charge in [-0.25, -0.2) is 0 Å². The van der Waals surface area contributed by atoms with Crippen molar-refractivity contribution in [1.82, 2.24) is 14.9 Å². The minimum Gasteiger partial charge on any atom is -0.493 e. The van der Waals surface area contributed by atoms with E-state index in [1.165, 1.54) is 11.1 Å². The normalized spacial score (nSPS) is 11.1. The molecule has 1 aromatic heterocycles. The Hall–Kier alpha value is -2.60. The van der Waals surface area contributed by atoms with Gasteiger partial charge in [0.1, 0.15) is 12.1 Å². The Morgan fingerprint density at radius 1 is 1.16 bits per heavy atom. The maximum absolute atomic E-state index is 5.62. The van der Waals surface area contributed by atoms with Crippen molar-refractivity contribution in [1.29, 1.82) is 0 Å². The Balaban J connectivity index is 1.70. The van der Waals surface area contributed by atoms with Crippen molar-refractivity contribution in [3.05, 3.63) is 71.5 Å². The Bertz CT molecular complexity index is 843. The molecule has 0 aliphatic heterocycles. The van der Waals surface area contributed by atoms with Crippen LogP contribution in [0.1, 0.15) is 23.6 Å². The molecule has 5 nitrogen and oxygen atoms in total. The third kappa shape index (κ3) is 4.70. The standard InChI is InChI=1S/C19H20N4OS/c1-3-24-18-7-5-4-6-17(18)12-21-23-14-20-22-19(23)25-13-16-10-8-15(2)9-11-16/h4-12,14H,3,13H2,1-2H3/b21-12-. The van der Waals surface area contributed by atoms with E-state index in [1.54, 1.807) is 29.0 Å². The highest BCUT2D eigenvalue weighted by Gasteiger charge is 2.05. The molecule has 3 aromatic rings. The lowest BCUT2D eigenvalue weighted by Gasteiger charge is -2.06. The number of aryl methyl sites for hydroxylation is 1. The van der Waals surface area contributed by atoms with E-state index in [2.05, 4.69) is 46.5 Å². The summed E-state index contributed by atoms with van der Waals surface area (Å²) in [5, 5.41) is 13.3. The van der Waals surface area contributed by atoms with Gasteiger partial charge in [-0.05, 0) is 31.5 Å². The molecular formula is C19H20N4OS. The van der Waals surface area contributed by atoms with E-state index in [-0.39, 0.29) is 0 Å². The number of para-hydroxylation sites is 1. The number of ether oxygens (including phenoxy) is 1. The van der Waals surface area contributed by atoms with Crippen molar-refractivity contribution in [2.24, 2.45) is 5.10 Å². The first-order valence-electron chi connectivity index (χ1n) is 8.11. The molecule has 25 heavy (non-hydrogen) atoms. The number of aromatic nitrogens is 3. The smallest absolute Gasteiger partial charge is 0.212 e. The van der Waals surface area contributed by atoms with E-state index in [0.717, 1.165) is 22.2 Å². The predicted molar refractivity (Wildman–Crippen MR) is 101 cm³/mol. The molecule has 0 amide bonds. The van der Waals surface area contributed by atoms with Crippen molar-refractivity contribution < 1.29 is 4.74 Å². The third-order valence-electron chi connectivity index (χ3n) is 3.53. The third-order valence-corrected chi connectivity index (χ3v) is 4.53. The lowest BCUT2D eigenvalue weighted by Crippen LogP contribution is -1.97. The second-order valence-corrected chi connectivity index (χ2v) is 6.39. The van der Waals surface area contributed by atoms with Crippen LogP contribution >= 0.6 is 11.8 Å². The summed E-state index contributed by atoms with van der Waals surface area (Å²) in [5.74, 6) is 1.64. The van der Waals surface area contributed by atoms with Crippen molar-refractivity contribution in [3.63, 3.8) is 0 Å². The second kappa shape index (κ2) is 8.48. The first kappa shape index (κ1) is 17.2. The lowest BCUT2D eigenvalue weighted by molar-refractivity contribution is 0.340. The first-order chi connectivity index (χ1) is 12.3. The average molecular weight is 352 g/mol. The fourth-order valence-electron chi connectivity index (χ4n) is 2.22. The van der Waals surface area contributed by atoms with E-state index in [4.69, 9.17) is 4.74 Å². The van der Waals surface area contributed by atoms with Gasteiger partial charge in [0.05, 0.1) is 12.8 Å². The van der Waals surface area contributed by atoms with Gasteiger partial charge in [-0.1, -0.05) is 53.7 Å². The molecule has 0 spiro atoms. The summed E-state index contributed by atoms with van der Waals surface area (Å²) in [4.78, 5) is 0. The summed E-state index contributed by atoms with van der Waals surface area (Å²) in [7, 11) is 0. The van der Waals surface area contributed by atoms with Crippen LogP contribution < -0.4 is 4.74 Å². The van der Waals surface area contributed by atoms with Crippen molar-refractivity contribution in [3.8, 4) is 5.75 Å². The van der Waals surface area contributed by atoms with Crippen LogP contribution in [-0.2, 0) is 5.75 Å².